The van der Waals surface area contributed by atoms with Crippen LogP contribution in [0.25, 0.3) is 0 Å². The highest BCUT2D eigenvalue weighted by atomic mass is 32.2. The smallest absolute Gasteiger partial charge is 0.0497 e. The molecule has 0 bridgehead atoms. The molecule has 0 nitrogen and oxygen atoms in total. The van der Waals surface area contributed by atoms with E-state index in [1.165, 1.54) is 0 Å². The molecule has 0 radical (unpaired) electrons. The van der Waals surface area contributed by atoms with E-state index in [1.54, 1.807) is 11.8 Å². The molecule has 0 heterocycles. The Kier molecular flexibility index (Phi) is 6.64. The zero-order valence-corrected chi connectivity index (χ0v) is 8.62. The molecule has 0 aromatic carbocycles. The lowest BCUT2D eigenvalue weighted by Gasteiger charge is -2.02. The van der Waals surface area contributed by atoms with Crippen LogP contribution in [0.15, 0.2) is 0 Å². The summed E-state index contributed by atoms with van der Waals surface area (Å²) in [6, 6.07) is 0. The Labute approximate surface area is 77.0 Å². The first-order valence-electron chi connectivity index (χ1n) is 2.65. The summed E-state index contributed by atoms with van der Waals surface area (Å²) < 4.78 is 1.32. The van der Waals surface area contributed by atoms with Crippen LogP contribution >= 0.6 is 49.2 Å². The van der Waals surface area contributed by atoms with Crippen LogP contribution in [0.3, 0.4) is 0 Å². The third-order valence-electron chi connectivity index (χ3n) is 0.618. The molecule has 0 aromatic rings. The normalized spacial score (nSPS) is 13.2. The summed E-state index contributed by atoms with van der Waals surface area (Å²) in [5.41, 5.74) is 0. The van der Waals surface area contributed by atoms with E-state index in [0.717, 1.165) is 16.4 Å². The van der Waals surface area contributed by atoms with Gasteiger partial charge in [-0.2, -0.15) is 25.3 Å². The van der Waals surface area contributed by atoms with Crippen LogP contribution < -0.4 is 0 Å². The Morgan fingerprint density at radius 1 is 1.78 bits per heavy atom. The second kappa shape index (κ2) is 5.89. The molecule has 4 heteroatoms. The van der Waals surface area contributed by atoms with Gasteiger partial charge in [-0.1, -0.05) is 12.2 Å². The molecule has 9 heavy (non-hydrogen) atoms. The van der Waals surface area contributed by atoms with Crippen molar-refractivity contribution in [3.63, 3.8) is 0 Å². The molecule has 54 valence electrons. The molecular formula is C5H10S4. The van der Waals surface area contributed by atoms with E-state index in [4.69, 9.17) is 12.2 Å². The minimum atomic E-state index is 0.317. The summed E-state index contributed by atoms with van der Waals surface area (Å²) in [4.78, 5) is 0. The molecule has 0 saturated heterocycles. The van der Waals surface area contributed by atoms with E-state index in [2.05, 4.69) is 25.3 Å². The topological polar surface area (TPSA) is 0 Å². The standard InChI is InChI=1S/C5H10S4/c1-4(7)9-5(8)2-3-6/h4,6-7H,2-3H2,1H3. The minimum Gasteiger partial charge on any atom is -0.179 e. The predicted octanol–water partition coefficient (Wildman–Crippen LogP) is 2.64. The van der Waals surface area contributed by atoms with Crippen molar-refractivity contribution in [2.45, 2.75) is 17.9 Å². The average molecular weight is 198 g/mol. The first kappa shape index (κ1) is 10.1. The van der Waals surface area contributed by atoms with E-state index < -0.39 is 0 Å². The van der Waals surface area contributed by atoms with Gasteiger partial charge in [-0.3, -0.25) is 0 Å². The Hall–Kier alpha value is 1.14. The molecule has 0 fully saturated rings. The SMILES string of the molecule is CC(S)SC(=S)CCS. The first-order valence-corrected chi connectivity index (χ1v) is 5.09. The van der Waals surface area contributed by atoms with Crippen molar-refractivity contribution < 1.29 is 0 Å². The number of thiocarbonyl (C=S) groups is 1. The van der Waals surface area contributed by atoms with E-state index in [-0.39, 0.29) is 0 Å². The fraction of sp³-hybridized carbons (Fsp3) is 0.800. The van der Waals surface area contributed by atoms with Crippen LogP contribution in [0, 0.1) is 0 Å². The molecule has 0 aliphatic carbocycles. The summed E-state index contributed by atoms with van der Waals surface area (Å²) in [5, 5.41) is 0. The van der Waals surface area contributed by atoms with Crippen molar-refractivity contribution in [1.82, 2.24) is 0 Å². The molecular weight excluding hydrogens is 188 g/mol. The van der Waals surface area contributed by atoms with Gasteiger partial charge in [-0.05, 0) is 19.1 Å². The van der Waals surface area contributed by atoms with E-state index in [9.17, 15) is 0 Å². The summed E-state index contributed by atoms with van der Waals surface area (Å²) in [6.07, 6.45) is 0.911. The Bertz CT molecular complexity index is 89.0. The van der Waals surface area contributed by atoms with Gasteiger partial charge in [-0.25, -0.2) is 0 Å². The Morgan fingerprint density at radius 3 is 2.67 bits per heavy atom. The van der Waals surface area contributed by atoms with Gasteiger partial charge in [0.25, 0.3) is 0 Å². The van der Waals surface area contributed by atoms with Crippen LogP contribution in [0.1, 0.15) is 13.3 Å². The lowest BCUT2D eigenvalue weighted by molar-refractivity contribution is 1.37. The van der Waals surface area contributed by atoms with Gasteiger partial charge in [0.1, 0.15) is 0 Å². The number of thioether (sulfide) groups is 1. The van der Waals surface area contributed by atoms with Gasteiger partial charge >= 0.3 is 0 Å². The number of rotatable bonds is 3. The van der Waals surface area contributed by atoms with E-state index >= 15 is 0 Å². The summed E-state index contributed by atoms with van der Waals surface area (Å²) in [7, 11) is 0. The maximum atomic E-state index is 4.99. The fourth-order valence-electron chi connectivity index (χ4n) is 0.340. The van der Waals surface area contributed by atoms with Crippen molar-refractivity contribution in [3.8, 4) is 0 Å². The van der Waals surface area contributed by atoms with Gasteiger partial charge < -0.3 is 0 Å². The molecule has 0 spiro atoms. The average Bonchev–Trinajstić information content (AvgIpc) is 1.63. The largest absolute Gasteiger partial charge is 0.179 e. The Balaban J connectivity index is 3.27. The van der Waals surface area contributed by atoms with Gasteiger partial charge in [-0.15, -0.1) is 11.8 Å². The van der Waals surface area contributed by atoms with Crippen molar-refractivity contribution >= 4 is 53.4 Å². The second-order valence-corrected chi connectivity index (χ2v) is 5.32. The van der Waals surface area contributed by atoms with Crippen molar-refractivity contribution in [1.29, 1.82) is 0 Å². The maximum Gasteiger partial charge on any atom is 0.0497 e. The minimum absolute atomic E-state index is 0.317. The number of thiol groups is 2. The van der Waals surface area contributed by atoms with Crippen LogP contribution in [0.5, 0.6) is 0 Å². The molecule has 0 amide bonds. The van der Waals surface area contributed by atoms with Gasteiger partial charge in [0.05, 0.1) is 0 Å². The zero-order chi connectivity index (χ0) is 7.28. The fourth-order valence-corrected chi connectivity index (χ4v) is 2.60. The third-order valence-corrected chi connectivity index (χ3v) is 2.46. The molecule has 0 aliphatic rings. The first-order chi connectivity index (χ1) is 4.16. The molecule has 0 saturated carbocycles. The van der Waals surface area contributed by atoms with Crippen LogP contribution in [-0.2, 0) is 0 Å². The zero-order valence-electron chi connectivity index (χ0n) is 5.20. The predicted molar refractivity (Wildman–Crippen MR) is 57.1 cm³/mol. The number of hydrogen-bond donors (Lipinski definition) is 2. The molecule has 1 unspecified atom stereocenters. The monoisotopic (exact) mass is 198 g/mol. The Morgan fingerprint density at radius 2 is 2.33 bits per heavy atom. The molecule has 0 rings (SSSR count). The van der Waals surface area contributed by atoms with E-state index in [0.29, 0.717) is 4.58 Å². The van der Waals surface area contributed by atoms with Gasteiger partial charge in [0, 0.05) is 8.78 Å². The molecule has 1 atom stereocenters. The summed E-state index contributed by atoms with van der Waals surface area (Å²) in [5.74, 6) is 0.840. The highest BCUT2D eigenvalue weighted by Crippen LogP contribution is 2.17. The third kappa shape index (κ3) is 7.03. The van der Waals surface area contributed by atoms with Crippen LogP contribution in [-0.4, -0.2) is 14.5 Å². The number of hydrogen-bond acceptors (Lipinski definition) is 4. The highest BCUT2D eigenvalue weighted by Gasteiger charge is 1.99. The molecule has 0 aromatic heterocycles. The van der Waals surface area contributed by atoms with Crippen molar-refractivity contribution in [2.24, 2.45) is 0 Å². The lowest BCUT2D eigenvalue weighted by Crippen LogP contribution is -1.93. The van der Waals surface area contributed by atoms with Crippen LogP contribution in [0.4, 0.5) is 0 Å². The van der Waals surface area contributed by atoms with Crippen molar-refractivity contribution in [2.75, 3.05) is 5.75 Å². The van der Waals surface area contributed by atoms with Gasteiger partial charge in [0.15, 0.2) is 0 Å². The second-order valence-electron chi connectivity index (χ2n) is 1.56. The van der Waals surface area contributed by atoms with E-state index in [1.807, 2.05) is 6.92 Å². The summed E-state index contributed by atoms with van der Waals surface area (Å²) >= 11 is 14.9. The maximum absolute atomic E-state index is 4.99. The highest BCUT2D eigenvalue weighted by molar-refractivity contribution is 8.27. The molecule has 0 N–H and O–H groups in total. The quantitative estimate of drug-likeness (QED) is 0.406. The van der Waals surface area contributed by atoms with Crippen molar-refractivity contribution in [3.05, 3.63) is 0 Å². The van der Waals surface area contributed by atoms with Crippen LogP contribution in [0.2, 0.25) is 0 Å². The molecule has 0 aliphatic heterocycles. The lowest BCUT2D eigenvalue weighted by atomic mass is 10.6. The summed E-state index contributed by atoms with van der Waals surface area (Å²) in [6.45, 7) is 2.01. The van der Waals surface area contributed by atoms with Gasteiger partial charge in [0.2, 0.25) is 0 Å².